The number of rotatable bonds is 10. The van der Waals surface area contributed by atoms with Gasteiger partial charge in [0.05, 0.1) is 25.0 Å². The van der Waals surface area contributed by atoms with Crippen molar-refractivity contribution in [2.24, 2.45) is 5.10 Å². The molecular formula is C29H31N3O6S. The first kappa shape index (κ1) is 27.8. The minimum atomic E-state index is -0.958. The number of hydrogen-bond donors (Lipinski definition) is 2. The molecule has 4 rings (SSSR count). The summed E-state index contributed by atoms with van der Waals surface area (Å²) in [7, 11) is 0. The fourth-order valence-electron chi connectivity index (χ4n) is 4.18. The van der Waals surface area contributed by atoms with Gasteiger partial charge in [0.1, 0.15) is 11.6 Å². The zero-order valence-corrected chi connectivity index (χ0v) is 22.8. The highest BCUT2D eigenvalue weighted by molar-refractivity contribution is 7.17. The molecule has 0 atom stereocenters. The van der Waals surface area contributed by atoms with E-state index < -0.39 is 17.8 Å². The number of thiophene rings is 1. The van der Waals surface area contributed by atoms with Crippen molar-refractivity contribution < 1.29 is 28.6 Å². The Kier molecular flexibility index (Phi) is 9.69. The zero-order chi connectivity index (χ0) is 27.6. The summed E-state index contributed by atoms with van der Waals surface area (Å²) in [6.45, 7) is 4.65. The number of carbonyl (C=O) groups excluding carboxylic acids is 3. The van der Waals surface area contributed by atoms with Crippen molar-refractivity contribution in [3.05, 3.63) is 75.7 Å². The summed E-state index contributed by atoms with van der Waals surface area (Å²) in [5.74, 6) is -1.25. The lowest BCUT2D eigenvalue weighted by Gasteiger charge is -2.12. The molecule has 204 valence electrons. The van der Waals surface area contributed by atoms with E-state index in [4.69, 9.17) is 14.2 Å². The number of ether oxygens (including phenoxy) is 3. The summed E-state index contributed by atoms with van der Waals surface area (Å²) in [6.07, 6.45) is 4.96. The molecule has 0 saturated heterocycles. The fourth-order valence-corrected chi connectivity index (χ4v) is 5.45. The number of benzene rings is 2. The Balaban J connectivity index is 1.39. The molecule has 0 aliphatic heterocycles. The van der Waals surface area contributed by atoms with E-state index in [0.717, 1.165) is 41.7 Å². The summed E-state index contributed by atoms with van der Waals surface area (Å²) in [4.78, 5) is 38.7. The SMILES string of the molecule is CCOC(=O)c1c(NC(=O)C(=O)N/N=C/c2ccc(OCc3ccccc3)c(OCC)c2)sc2c1CCCC2. The van der Waals surface area contributed by atoms with Crippen LogP contribution >= 0.6 is 11.3 Å². The summed E-state index contributed by atoms with van der Waals surface area (Å²) in [5, 5.41) is 6.81. The number of aryl methyl sites for hydroxylation is 1. The van der Waals surface area contributed by atoms with Crippen LogP contribution < -0.4 is 20.2 Å². The molecule has 10 heteroatoms. The van der Waals surface area contributed by atoms with Crippen LogP contribution in [0.4, 0.5) is 5.00 Å². The quantitative estimate of drug-likeness (QED) is 0.161. The van der Waals surface area contributed by atoms with Gasteiger partial charge in [0.15, 0.2) is 11.5 Å². The maximum atomic E-state index is 12.6. The lowest BCUT2D eigenvalue weighted by molar-refractivity contribution is -0.136. The van der Waals surface area contributed by atoms with Gasteiger partial charge in [-0.1, -0.05) is 30.3 Å². The van der Waals surface area contributed by atoms with E-state index >= 15 is 0 Å². The van der Waals surface area contributed by atoms with Crippen LogP contribution in [0.5, 0.6) is 11.5 Å². The average Bonchev–Trinajstić information content (AvgIpc) is 3.31. The van der Waals surface area contributed by atoms with Gasteiger partial charge in [0.2, 0.25) is 0 Å². The summed E-state index contributed by atoms with van der Waals surface area (Å²) in [5.41, 5.74) is 5.16. The molecule has 2 amide bonds. The van der Waals surface area contributed by atoms with E-state index in [1.54, 1.807) is 25.1 Å². The average molecular weight is 550 g/mol. The Hall–Kier alpha value is -4.18. The number of carbonyl (C=O) groups is 3. The Morgan fingerprint density at radius 3 is 2.51 bits per heavy atom. The van der Waals surface area contributed by atoms with Crippen molar-refractivity contribution in [3.63, 3.8) is 0 Å². The predicted octanol–water partition coefficient (Wildman–Crippen LogP) is 4.87. The van der Waals surface area contributed by atoms with Gasteiger partial charge in [0, 0.05) is 4.88 Å². The molecule has 1 heterocycles. The molecule has 1 aliphatic carbocycles. The van der Waals surface area contributed by atoms with Crippen LogP contribution in [0, 0.1) is 0 Å². The molecule has 39 heavy (non-hydrogen) atoms. The van der Waals surface area contributed by atoms with Crippen molar-refractivity contribution in [3.8, 4) is 11.5 Å². The molecular weight excluding hydrogens is 518 g/mol. The molecule has 0 unspecified atom stereocenters. The smallest absolute Gasteiger partial charge is 0.341 e. The van der Waals surface area contributed by atoms with E-state index in [9.17, 15) is 14.4 Å². The van der Waals surface area contributed by atoms with Crippen LogP contribution in [-0.2, 0) is 33.8 Å². The minimum Gasteiger partial charge on any atom is -0.490 e. The number of anilines is 1. The monoisotopic (exact) mass is 549 g/mol. The number of nitrogens with one attached hydrogen (secondary N) is 2. The fraction of sp³-hybridized carbons (Fsp3) is 0.310. The zero-order valence-electron chi connectivity index (χ0n) is 22.0. The minimum absolute atomic E-state index is 0.219. The van der Waals surface area contributed by atoms with Crippen LogP contribution in [0.25, 0.3) is 0 Å². The molecule has 2 N–H and O–H groups in total. The van der Waals surface area contributed by atoms with Gasteiger partial charge in [-0.2, -0.15) is 5.10 Å². The topological polar surface area (TPSA) is 115 Å². The van der Waals surface area contributed by atoms with Crippen molar-refractivity contribution in [1.29, 1.82) is 0 Å². The van der Waals surface area contributed by atoms with Gasteiger partial charge in [-0.05, 0) is 74.4 Å². The standard InChI is InChI=1S/C29H31N3O6S/c1-3-36-23-16-20(14-15-22(23)38-18-19-10-6-5-7-11-19)17-30-32-27(34)26(33)31-28-25(29(35)37-4-2)21-12-8-9-13-24(21)39-28/h5-7,10-11,14-17H,3-4,8-9,12-13,18H2,1-2H3,(H,31,33)(H,32,34)/b30-17+. The van der Waals surface area contributed by atoms with Gasteiger partial charge in [0.25, 0.3) is 0 Å². The first-order chi connectivity index (χ1) is 19.0. The van der Waals surface area contributed by atoms with Crippen LogP contribution in [0.15, 0.2) is 53.6 Å². The predicted molar refractivity (Wildman–Crippen MR) is 150 cm³/mol. The normalized spacial score (nSPS) is 12.5. The number of amides is 2. The molecule has 9 nitrogen and oxygen atoms in total. The molecule has 0 radical (unpaired) electrons. The van der Waals surface area contributed by atoms with E-state index in [1.807, 2.05) is 37.3 Å². The lowest BCUT2D eigenvalue weighted by Crippen LogP contribution is -2.32. The van der Waals surface area contributed by atoms with Crippen molar-refractivity contribution >= 4 is 40.3 Å². The third-order valence-corrected chi connectivity index (χ3v) is 7.18. The lowest BCUT2D eigenvalue weighted by atomic mass is 9.95. The summed E-state index contributed by atoms with van der Waals surface area (Å²) >= 11 is 1.32. The third kappa shape index (κ3) is 7.23. The van der Waals surface area contributed by atoms with Crippen LogP contribution in [0.3, 0.4) is 0 Å². The first-order valence-corrected chi connectivity index (χ1v) is 13.7. The molecule has 0 spiro atoms. The molecule has 3 aromatic rings. The Labute approximate surface area is 231 Å². The highest BCUT2D eigenvalue weighted by Crippen LogP contribution is 2.38. The molecule has 1 aliphatic rings. The first-order valence-electron chi connectivity index (χ1n) is 12.9. The molecule has 2 aromatic carbocycles. The van der Waals surface area contributed by atoms with Crippen LogP contribution in [0.2, 0.25) is 0 Å². The second-order valence-corrected chi connectivity index (χ2v) is 9.81. The number of fused-ring (bicyclic) bond motifs is 1. The van der Waals surface area contributed by atoms with Gasteiger partial charge in [-0.25, -0.2) is 10.2 Å². The maximum Gasteiger partial charge on any atom is 0.341 e. The van der Waals surface area contributed by atoms with E-state index in [1.165, 1.54) is 17.6 Å². The Bertz CT molecular complexity index is 1350. The second-order valence-electron chi connectivity index (χ2n) is 8.70. The summed E-state index contributed by atoms with van der Waals surface area (Å²) < 4.78 is 16.8. The van der Waals surface area contributed by atoms with Crippen molar-refractivity contribution in [2.75, 3.05) is 18.5 Å². The number of hydrazone groups is 1. The van der Waals surface area contributed by atoms with Gasteiger partial charge in [-0.3, -0.25) is 9.59 Å². The molecule has 0 fully saturated rings. The van der Waals surface area contributed by atoms with E-state index in [2.05, 4.69) is 15.8 Å². The molecule has 1 aromatic heterocycles. The van der Waals surface area contributed by atoms with Crippen molar-refractivity contribution in [2.45, 2.75) is 46.1 Å². The third-order valence-electron chi connectivity index (χ3n) is 5.97. The number of nitrogens with zero attached hydrogens (tertiary/aromatic N) is 1. The van der Waals surface area contributed by atoms with Crippen molar-refractivity contribution in [1.82, 2.24) is 5.43 Å². The van der Waals surface area contributed by atoms with Gasteiger partial charge in [-0.15, -0.1) is 11.3 Å². The van der Waals surface area contributed by atoms with Gasteiger partial charge < -0.3 is 19.5 Å². The van der Waals surface area contributed by atoms with E-state index in [0.29, 0.717) is 40.8 Å². The largest absolute Gasteiger partial charge is 0.490 e. The second kappa shape index (κ2) is 13.6. The Morgan fingerprint density at radius 2 is 1.74 bits per heavy atom. The number of hydrogen-bond acceptors (Lipinski definition) is 8. The Morgan fingerprint density at radius 1 is 0.949 bits per heavy atom. The highest BCUT2D eigenvalue weighted by atomic mass is 32.1. The summed E-state index contributed by atoms with van der Waals surface area (Å²) in [6, 6.07) is 15.1. The van der Waals surface area contributed by atoms with E-state index in [-0.39, 0.29) is 6.61 Å². The van der Waals surface area contributed by atoms with Gasteiger partial charge >= 0.3 is 17.8 Å². The highest BCUT2D eigenvalue weighted by Gasteiger charge is 2.28. The number of esters is 1. The van der Waals surface area contributed by atoms with Crippen LogP contribution in [-0.4, -0.2) is 37.2 Å². The van der Waals surface area contributed by atoms with Crippen LogP contribution in [0.1, 0.15) is 58.6 Å². The molecule has 0 saturated carbocycles. The molecule has 0 bridgehead atoms. The maximum absolute atomic E-state index is 12.6.